The van der Waals surface area contributed by atoms with E-state index in [1.807, 2.05) is 19.1 Å². The Morgan fingerprint density at radius 2 is 2.08 bits per heavy atom. The topological polar surface area (TPSA) is 84.7 Å². The molecular formula is C19H29N3O3. The molecule has 2 atom stereocenters. The standard InChI is InChI=1S/C19H29N3O3/c1-3-4-15-5-7-16(8-6-15)14(2)22(12-18(20)23)19(24)11-17-13-25-10-9-21-17/h5-8,14,17,21H,3-4,9-13H2,1-2H3,(H2,20,23). The van der Waals surface area contributed by atoms with Crippen LogP contribution >= 0.6 is 0 Å². The molecule has 138 valence electrons. The summed E-state index contributed by atoms with van der Waals surface area (Å²) in [5.41, 5.74) is 7.65. The summed E-state index contributed by atoms with van der Waals surface area (Å²) < 4.78 is 5.40. The van der Waals surface area contributed by atoms with E-state index in [2.05, 4.69) is 24.4 Å². The molecule has 1 aromatic rings. The minimum Gasteiger partial charge on any atom is -0.378 e. The third-order valence-electron chi connectivity index (χ3n) is 4.53. The van der Waals surface area contributed by atoms with Gasteiger partial charge in [-0.05, 0) is 24.5 Å². The zero-order chi connectivity index (χ0) is 18.2. The van der Waals surface area contributed by atoms with E-state index in [0.717, 1.165) is 24.9 Å². The molecule has 2 unspecified atom stereocenters. The Bertz CT molecular complexity index is 568. The van der Waals surface area contributed by atoms with E-state index in [4.69, 9.17) is 10.5 Å². The lowest BCUT2D eigenvalue weighted by molar-refractivity contribution is -0.138. The van der Waals surface area contributed by atoms with Gasteiger partial charge in [0.2, 0.25) is 11.8 Å². The van der Waals surface area contributed by atoms with Crippen molar-refractivity contribution in [1.82, 2.24) is 10.2 Å². The number of amides is 2. The average molecular weight is 347 g/mol. The van der Waals surface area contributed by atoms with Crippen LogP contribution in [0.3, 0.4) is 0 Å². The van der Waals surface area contributed by atoms with Gasteiger partial charge in [-0.1, -0.05) is 37.6 Å². The Balaban J connectivity index is 2.08. The zero-order valence-electron chi connectivity index (χ0n) is 15.2. The molecule has 2 rings (SSSR count). The van der Waals surface area contributed by atoms with Crippen LogP contribution in [0.2, 0.25) is 0 Å². The molecule has 25 heavy (non-hydrogen) atoms. The Hall–Kier alpha value is -1.92. The van der Waals surface area contributed by atoms with Crippen LogP contribution in [0.5, 0.6) is 0 Å². The molecule has 0 aromatic heterocycles. The second-order valence-electron chi connectivity index (χ2n) is 6.59. The van der Waals surface area contributed by atoms with Crippen LogP contribution in [0.4, 0.5) is 0 Å². The first-order valence-corrected chi connectivity index (χ1v) is 8.99. The number of nitrogens with one attached hydrogen (secondary N) is 1. The third kappa shape index (κ3) is 5.83. The molecule has 1 aromatic carbocycles. The molecule has 6 heteroatoms. The SMILES string of the molecule is CCCc1ccc(C(C)N(CC(N)=O)C(=O)CC2COCCN2)cc1. The van der Waals surface area contributed by atoms with Gasteiger partial charge < -0.3 is 20.7 Å². The maximum atomic E-state index is 12.8. The van der Waals surface area contributed by atoms with E-state index in [1.165, 1.54) is 5.56 Å². The molecule has 1 heterocycles. The summed E-state index contributed by atoms with van der Waals surface area (Å²) in [4.78, 5) is 25.8. The van der Waals surface area contributed by atoms with Gasteiger partial charge in [-0.25, -0.2) is 0 Å². The lowest BCUT2D eigenvalue weighted by Gasteiger charge is -2.31. The lowest BCUT2D eigenvalue weighted by atomic mass is 10.0. The van der Waals surface area contributed by atoms with Gasteiger partial charge in [0.25, 0.3) is 0 Å². The van der Waals surface area contributed by atoms with Crippen molar-refractivity contribution in [2.24, 2.45) is 5.73 Å². The van der Waals surface area contributed by atoms with Crippen LogP contribution in [0.15, 0.2) is 24.3 Å². The molecule has 0 saturated carbocycles. The highest BCUT2D eigenvalue weighted by molar-refractivity contribution is 5.84. The first-order chi connectivity index (χ1) is 12.0. The van der Waals surface area contributed by atoms with E-state index in [0.29, 0.717) is 19.6 Å². The van der Waals surface area contributed by atoms with Crippen molar-refractivity contribution in [2.45, 2.75) is 45.2 Å². The smallest absolute Gasteiger partial charge is 0.237 e. The highest BCUT2D eigenvalue weighted by Gasteiger charge is 2.26. The van der Waals surface area contributed by atoms with Crippen molar-refractivity contribution in [2.75, 3.05) is 26.3 Å². The molecule has 1 fully saturated rings. The first-order valence-electron chi connectivity index (χ1n) is 8.99. The number of carbonyl (C=O) groups is 2. The molecule has 0 radical (unpaired) electrons. The minimum atomic E-state index is -0.504. The second kappa shape index (κ2) is 9.53. The van der Waals surface area contributed by atoms with Crippen molar-refractivity contribution in [3.8, 4) is 0 Å². The van der Waals surface area contributed by atoms with Crippen LogP contribution in [0.25, 0.3) is 0 Å². The predicted octanol–water partition coefficient (Wildman–Crippen LogP) is 1.39. The van der Waals surface area contributed by atoms with Crippen LogP contribution < -0.4 is 11.1 Å². The average Bonchev–Trinajstić information content (AvgIpc) is 2.60. The number of morpholine rings is 1. The highest BCUT2D eigenvalue weighted by atomic mass is 16.5. The van der Waals surface area contributed by atoms with Gasteiger partial charge in [0.1, 0.15) is 0 Å². The van der Waals surface area contributed by atoms with Crippen LogP contribution in [0.1, 0.15) is 43.9 Å². The summed E-state index contributed by atoms with van der Waals surface area (Å²) in [6.45, 7) is 5.91. The van der Waals surface area contributed by atoms with E-state index < -0.39 is 5.91 Å². The summed E-state index contributed by atoms with van der Waals surface area (Å²) in [7, 11) is 0. The Morgan fingerprint density at radius 1 is 1.36 bits per heavy atom. The first kappa shape index (κ1) is 19.4. The fraction of sp³-hybridized carbons (Fsp3) is 0.579. The number of nitrogens with zero attached hydrogens (tertiary/aromatic N) is 1. The molecule has 1 saturated heterocycles. The number of hydrogen-bond acceptors (Lipinski definition) is 4. The fourth-order valence-electron chi connectivity index (χ4n) is 3.12. The summed E-state index contributed by atoms with van der Waals surface area (Å²) in [6, 6.07) is 7.99. The van der Waals surface area contributed by atoms with E-state index in [1.54, 1.807) is 4.90 Å². The summed E-state index contributed by atoms with van der Waals surface area (Å²) in [5.74, 6) is -0.595. The minimum absolute atomic E-state index is 0.0178. The van der Waals surface area contributed by atoms with Gasteiger partial charge in [-0.3, -0.25) is 9.59 Å². The molecule has 2 amide bonds. The van der Waals surface area contributed by atoms with Gasteiger partial charge in [0.05, 0.1) is 25.8 Å². The largest absolute Gasteiger partial charge is 0.378 e. The van der Waals surface area contributed by atoms with Crippen molar-refractivity contribution < 1.29 is 14.3 Å². The van der Waals surface area contributed by atoms with Crippen LogP contribution in [-0.4, -0.2) is 49.1 Å². The van der Waals surface area contributed by atoms with Crippen molar-refractivity contribution in [1.29, 1.82) is 0 Å². The van der Waals surface area contributed by atoms with Crippen molar-refractivity contribution >= 4 is 11.8 Å². The van der Waals surface area contributed by atoms with Gasteiger partial charge in [-0.2, -0.15) is 0 Å². The molecule has 1 aliphatic heterocycles. The monoisotopic (exact) mass is 347 g/mol. The number of benzene rings is 1. The Kier molecular flexibility index (Phi) is 7.40. The van der Waals surface area contributed by atoms with Crippen LogP contribution in [0, 0.1) is 0 Å². The Labute approximate surface area is 149 Å². The van der Waals surface area contributed by atoms with Crippen molar-refractivity contribution in [3.05, 3.63) is 35.4 Å². The maximum Gasteiger partial charge on any atom is 0.237 e. The second-order valence-corrected chi connectivity index (χ2v) is 6.59. The number of primary amides is 1. The van der Waals surface area contributed by atoms with Crippen molar-refractivity contribution in [3.63, 3.8) is 0 Å². The Morgan fingerprint density at radius 3 is 2.64 bits per heavy atom. The summed E-state index contributed by atoms with van der Waals surface area (Å²) >= 11 is 0. The third-order valence-corrected chi connectivity index (χ3v) is 4.53. The number of hydrogen-bond donors (Lipinski definition) is 2. The van der Waals surface area contributed by atoms with E-state index in [-0.39, 0.29) is 24.5 Å². The number of carbonyl (C=O) groups excluding carboxylic acids is 2. The van der Waals surface area contributed by atoms with Crippen LogP contribution in [-0.2, 0) is 20.7 Å². The summed E-state index contributed by atoms with van der Waals surface area (Å²) in [6.07, 6.45) is 2.43. The lowest BCUT2D eigenvalue weighted by Crippen LogP contribution is -2.47. The number of aryl methyl sites for hydroxylation is 1. The molecule has 6 nitrogen and oxygen atoms in total. The number of rotatable bonds is 8. The molecule has 3 N–H and O–H groups in total. The van der Waals surface area contributed by atoms with E-state index in [9.17, 15) is 9.59 Å². The highest BCUT2D eigenvalue weighted by Crippen LogP contribution is 2.22. The predicted molar refractivity (Wildman–Crippen MR) is 97.0 cm³/mol. The maximum absolute atomic E-state index is 12.8. The van der Waals surface area contributed by atoms with Gasteiger partial charge in [0.15, 0.2) is 0 Å². The number of ether oxygens (including phenoxy) is 1. The van der Waals surface area contributed by atoms with Gasteiger partial charge in [0, 0.05) is 19.0 Å². The molecular weight excluding hydrogens is 318 g/mol. The normalized spacial score (nSPS) is 18.6. The fourth-order valence-corrected chi connectivity index (χ4v) is 3.12. The number of nitrogens with two attached hydrogens (primary N) is 1. The van der Waals surface area contributed by atoms with Gasteiger partial charge in [-0.15, -0.1) is 0 Å². The molecule has 0 spiro atoms. The quantitative estimate of drug-likeness (QED) is 0.744. The molecule has 0 bridgehead atoms. The molecule has 0 aliphatic carbocycles. The van der Waals surface area contributed by atoms with E-state index >= 15 is 0 Å². The van der Waals surface area contributed by atoms with Gasteiger partial charge >= 0.3 is 0 Å². The summed E-state index contributed by atoms with van der Waals surface area (Å²) in [5, 5.41) is 3.27. The zero-order valence-corrected chi connectivity index (χ0v) is 15.2. The molecule has 1 aliphatic rings.